The molecule has 1 fully saturated rings. The van der Waals surface area contributed by atoms with Gasteiger partial charge in [-0.05, 0) is 31.6 Å². The van der Waals surface area contributed by atoms with Crippen molar-refractivity contribution in [3.63, 3.8) is 0 Å². The SMILES string of the molecule is CCN1CCOC(CNS(=O)(=O)c2ccc(CCN)s2)C1. The molecule has 0 bridgehead atoms. The third-order valence-corrected chi connectivity index (χ3v) is 6.52. The Kier molecular flexibility index (Phi) is 6.15. The number of hydrogen-bond donors (Lipinski definition) is 2. The number of rotatable bonds is 7. The number of hydrogen-bond acceptors (Lipinski definition) is 6. The Labute approximate surface area is 130 Å². The van der Waals surface area contributed by atoms with Crippen molar-refractivity contribution >= 4 is 21.4 Å². The molecule has 21 heavy (non-hydrogen) atoms. The molecule has 0 spiro atoms. The maximum atomic E-state index is 12.2. The predicted molar refractivity (Wildman–Crippen MR) is 84.1 cm³/mol. The van der Waals surface area contributed by atoms with E-state index in [0.29, 0.717) is 30.3 Å². The molecule has 120 valence electrons. The van der Waals surface area contributed by atoms with Gasteiger partial charge in [-0.25, -0.2) is 13.1 Å². The van der Waals surface area contributed by atoms with Gasteiger partial charge in [0.05, 0.1) is 12.7 Å². The van der Waals surface area contributed by atoms with Crippen LogP contribution in [0.2, 0.25) is 0 Å². The van der Waals surface area contributed by atoms with Crippen LogP contribution in [-0.4, -0.2) is 58.8 Å². The fourth-order valence-corrected chi connectivity index (χ4v) is 4.73. The molecule has 6 nitrogen and oxygen atoms in total. The Hall–Kier alpha value is -0.510. The lowest BCUT2D eigenvalue weighted by Gasteiger charge is -2.32. The van der Waals surface area contributed by atoms with Crippen LogP contribution in [0.5, 0.6) is 0 Å². The van der Waals surface area contributed by atoms with E-state index < -0.39 is 10.0 Å². The molecule has 2 heterocycles. The highest BCUT2D eigenvalue weighted by Gasteiger charge is 2.23. The van der Waals surface area contributed by atoms with Crippen LogP contribution in [0.1, 0.15) is 11.8 Å². The van der Waals surface area contributed by atoms with Gasteiger partial charge >= 0.3 is 0 Å². The zero-order chi connectivity index (χ0) is 15.3. The maximum Gasteiger partial charge on any atom is 0.250 e. The van der Waals surface area contributed by atoms with E-state index in [1.54, 1.807) is 6.07 Å². The van der Waals surface area contributed by atoms with Crippen LogP contribution in [0.25, 0.3) is 0 Å². The molecule has 1 aromatic rings. The van der Waals surface area contributed by atoms with E-state index in [1.807, 2.05) is 6.07 Å². The van der Waals surface area contributed by atoms with E-state index in [2.05, 4.69) is 16.5 Å². The molecule has 1 saturated heterocycles. The van der Waals surface area contributed by atoms with Crippen LogP contribution in [0.4, 0.5) is 0 Å². The first-order chi connectivity index (χ1) is 10.0. The van der Waals surface area contributed by atoms with Gasteiger partial charge in [-0.15, -0.1) is 11.3 Å². The second kappa shape index (κ2) is 7.66. The summed E-state index contributed by atoms with van der Waals surface area (Å²) in [5.74, 6) is 0. The zero-order valence-electron chi connectivity index (χ0n) is 12.2. The first kappa shape index (κ1) is 16.9. The highest BCUT2D eigenvalue weighted by molar-refractivity contribution is 7.91. The average Bonchev–Trinajstić information content (AvgIpc) is 2.95. The fourth-order valence-electron chi connectivity index (χ4n) is 2.24. The van der Waals surface area contributed by atoms with Gasteiger partial charge in [0.1, 0.15) is 4.21 Å². The van der Waals surface area contributed by atoms with Crippen molar-refractivity contribution in [2.75, 3.05) is 39.3 Å². The van der Waals surface area contributed by atoms with Gasteiger partial charge in [0.15, 0.2) is 0 Å². The van der Waals surface area contributed by atoms with Gasteiger partial charge in [0.2, 0.25) is 10.0 Å². The second-order valence-corrected chi connectivity index (χ2v) is 8.16. The summed E-state index contributed by atoms with van der Waals surface area (Å²) in [6.07, 6.45) is 0.620. The molecule has 3 N–H and O–H groups in total. The number of nitrogens with zero attached hydrogens (tertiary/aromatic N) is 1. The fraction of sp³-hybridized carbons (Fsp3) is 0.692. The van der Waals surface area contributed by atoms with Gasteiger partial charge in [-0.3, -0.25) is 4.90 Å². The number of nitrogens with one attached hydrogen (secondary N) is 1. The van der Waals surface area contributed by atoms with Crippen LogP contribution in [0.15, 0.2) is 16.3 Å². The van der Waals surface area contributed by atoms with Crippen LogP contribution in [-0.2, 0) is 21.2 Å². The van der Waals surface area contributed by atoms with Crippen LogP contribution in [0, 0.1) is 0 Å². The summed E-state index contributed by atoms with van der Waals surface area (Å²) < 4.78 is 33.1. The normalized spacial score (nSPS) is 20.8. The quantitative estimate of drug-likeness (QED) is 0.747. The third-order valence-electron chi connectivity index (χ3n) is 3.46. The number of likely N-dealkylation sites (N-methyl/N-ethyl adjacent to an activating group) is 1. The Morgan fingerprint density at radius 3 is 3.05 bits per heavy atom. The summed E-state index contributed by atoms with van der Waals surface area (Å²) >= 11 is 1.27. The van der Waals surface area contributed by atoms with Gasteiger partial charge < -0.3 is 10.5 Å². The molecule has 0 aromatic carbocycles. The van der Waals surface area contributed by atoms with Gasteiger partial charge in [0.25, 0.3) is 0 Å². The van der Waals surface area contributed by atoms with Crippen LogP contribution < -0.4 is 10.5 Å². The molecule has 1 unspecified atom stereocenters. The second-order valence-electron chi connectivity index (χ2n) is 5.00. The standard InChI is InChI=1S/C13H23N3O3S2/c1-2-16-7-8-19-11(10-16)9-15-21(17,18)13-4-3-12(20-13)5-6-14/h3-4,11,15H,2,5-10,14H2,1H3. The molecule has 0 saturated carbocycles. The monoisotopic (exact) mass is 333 g/mol. The van der Waals surface area contributed by atoms with E-state index in [0.717, 1.165) is 24.5 Å². The van der Waals surface area contributed by atoms with Crippen molar-refractivity contribution in [2.45, 2.75) is 23.7 Å². The highest BCUT2D eigenvalue weighted by atomic mass is 32.2. The molecular formula is C13H23N3O3S2. The minimum atomic E-state index is -3.45. The Bertz CT molecular complexity index is 545. The van der Waals surface area contributed by atoms with Crippen molar-refractivity contribution in [3.05, 3.63) is 17.0 Å². The van der Waals surface area contributed by atoms with Crippen molar-refractivity contribution < 1.29 is 13.2 Å². The predicted octanol–water partition coefficient (Wildman–Crippen LogP) is 0.248. The lowest BCUT2D eigenvalue weighted by molar-refractivity contribution is -0.0229. The van der Waals surface area contributed by atoms with Crippen LogP contribution in [0.3, 0.4) is 0 Å². The Balaban J connectivity index is 1.91. The van der Waals surface area contributed by atoms with Crippen molar-refractivity contribution in [1.29, 1.82) is 0 Å². The average molecular weight is 333 g/mol. The zero-order valence-corrected chi connectivity index (χ0v) is 13.9. The Morgan fingerprint density at radius 1 is 1.52 bits per heavy atom. The van der Waals surface area contributed by atoms with Gasteiger partial charge in [-0.2, -0.15) is 0 Å². The minimum absolute atomic E-state index is 0.0862. The van der Waals surface area contributed by atoms with E-state index in [9.17, 15) is 8.42 Å². The van der Waals surface area contributed by atoms with E-state index >= 15 is 0 Å². The number of sulfonamides is 1. The smallest absolute Gasteiger partial charge is 0.250 e. The lowest BCUT2D eigenvalue weighted by Crippen LogP contribution is -2.47. The maximum absolute atomic E-state index is 12.2. The highest BCUT2D eigenvalue weighted by Crippen LogP contribution is 2.21. The molecule has 8 heteroatoms. The summed E-state index contributed by atoms with van der Waals surface area (Å²) in [5, 5.41) is 0. The Morgan fingerprint density at radius 2 is 2.33 bits per heavy atom. The molecule has 0 amide bonds. The van der Waals surface area contributed by atoms with Gasteiger partial charge in [-0.1, -0.05) is 6.92 Å². The minimum Gasteiger partial charge on any atom is -0.374 e. The van der Waals surface area contributed by atoms with Gasteiger partial charge in [0, 0.05) is 24.5 Å². The molecule has 0 aliphatic carbocycles. The van der Waals surface area contributed by atoms with E-state index in [4.69, 9.17) is 10.5 Å². The molecule has 1 aliphatic heterocycles. The van der Waals surface area contributed by atoms with E-state index in [1.165, 1.54) is 11.3 Å². The molecular weight excluding hydrogens is 310 g/mol. The summed E-state index contributed by atoms with van der Waals surface area (Å²) in [6, 6.07) is 3.46. The van der Waals surface area contributed by atoms with Crippen molar-refractivity contribution in [2.24, 2.45) is 5.73 Å². The van der Waals surface area contributed by atoms with Crippen LogP contribution >= 0.6 is 11.3 Å². The van der Waals surface area contributed by atoms with Crippen molar-refractivity contribution in [3.8, 4) is 0 Å². The van der Waals surface area contributed by atoms with Crippen molar-refractivity contribution in [1.82, 2.24) is 9.62 Å². The lowest BCUT2D eigenvalue weighted by atomic mass is 10.3. The summed E-state index contributed by atoms with van der Waals surface area (Å²) in [7, 11) is -3.45. The third kappa shape index (κ3) is 4.73. The van der Waals surface area contributed by atoms with E-state index in [-0.39, 0.29) is 6.10 Å². The first-order valence-electron chi connectivity index (χ1n) is 7.17. The molecule has 1 aromatic heterocycles. The summed E-state index contributed by atoms with van der Waals surface area (Å²) in [4.78, 5) is 3.25. The number of thiophene rings is 1. The number of nitrogens with two attached hydrogens (primary N) is 1. The number of ether oxygens (including phenoxy) is 1. The molecule has 2 rings (SSSR count). The first-order valence-corrected chi connectivity index (χ1v) is 9.47. The molecule has 0 radical (unpaired) electrons. The molecule has 1 aliphatic rings. The largest absolute Gasteiger partial charge is 0.374 e. The number of morpholine rings is 1. The molecule has 1 atom stereocenters. The summed E-state index contributed by atoms with van der Waals surface area (Å²) in [5.41, 5.74) is 5.48. The topological polar surface area (TPSA) is 84.7 Å². The summed E-state index contributed by atoms with van der Waals surface area (Å²) in [6.45, 7) is 6.21.